The highest BCUT2D eigenvalue weighted by Crippen LogP contribution is 2.44. The molecule has 0 aliphatic heterocycles. The Morgan fingerprint density at radius 3 is 2.00 bits per heavy atom. The number of hydrogen-bond acceptors (Lipinski definition) is 4. The predicted octanol–water partition coefficient (Wildman–Crippen LogP) is 4.17. The lowest BCUT2D eigenvalue weighted by atomic mass is 9.98. The van der Waals surface area contributed by atoms with Gasteiger partial charge in [0.15, 0.2) is 6.10 Å². The number of nitrogens with one attached hydrogen (secondary N) is 1. The number of rotatable bonds is 5. The molecule has 29 heavy (non-hydrogen) atoms. The van der Waals surface area contributed by atoms with Crippen molar-refractivity contribution in [3.8, 4) is 11.1 Å². The molecule has 1 aliphatic rings. The lowest BCUT2D eigenvalue weighted by Gasteiger charge is -2.15. The smallest absolute Gasteiger partial charge is 0.411 e. The number of aliphatic hydroxyl groups excluding tert-OH is 1. The molecular formula is C23H19NO5. The van der Waals surface area contributed by atoms with Gasteiger partial charge in [-0.1, -0.05) is 60.7 Å². The summed E-state index contributed by atoms with van der Waals surface area (Å²) in [4.78, 5) is 23.1. The third-order valence-electron chi connectivity index (χ3n) is 5.05. The maximum atomic E-state index is 12.2. The fourth-order valence-corrected chi connectivity index (χ4v) is 3.64. The van der Waals surface area contributed by atoms with Gasteiger partial charge < -0.3 is 14.9 Å². The first-order valence-corrected chi connectivity index (χ1v) is 9.17. The summed E-state index contributed by atoms with van der Waals surface area (Å²) in [7, 11) is 0. The van der Waals surface area contributed by atoms with Gasteiger partial charge in [0.05, 0.1) is 0 Å². The maximum Gasteiger partial charge on any atom is 0.411 e. The number of amides is 1. The van der Waals surface area contributed by atoms with Crippen LogP contribution in [0.4, 0.5) is 10.5 Å². The van der Waals surface area contributed by atoms with Gasteiger partial charge in [-0.15, -0.1) is 0 Å². The van der Waals surface area contributed by atoms with Crippen LogP contribution in [0.25, 0.3) is 11.1 Å². The van der Waals surface area contributed by atoms with E-state index in [2.05, 4.69) is 17.4 Å². The van der Waals surface area contributed by atoms with E-state index in [1.54, 1.807) is 0 Å². The summed E-state index contributed by atoms with van der Waals surface area (Å²) < 4.78 is 5.47. The zero-order valence-electron chi connectivity index (χ0n) is 15.4. The Morgan fingerprint density at radius 2 is 1.45 bits per heavy atom. The monoisotopic (exact) mass is 389 g/mol. The summed E-state index contributed by atoms with van der Waals surface area (Å²) >= 11 is 0. The van der Waals surface area contributed by atoms with Crippen molar-refractivity contribution < 1.29 is 24.5 Å². The number of aliphatic hydroxyl groups is 1. The number of carboxylic acids is 1. The Kier molecular flexibility index (Phi) is 5.01. The Balaban J connectivity index is 1.42. The van der Waals surface area contributed by atoms with E-state index < -0.39 is 18.2 Å². The normalized spacial score (nSPS) is 13.3. The number of ether oxygens (including phenoxy) is 1. The van der Waals surface area contributed by atoms with E-state index in [-0.39, 0.29) is 18.1 Å². The zero-order valence-corrected chi connectivity index (χ0v) is 15.4. The van der Waals surface area contributed by atoms with Gasteiger partial charge in [-0.3, -0.25) is 5.32 Å². The molecular weight excluding hydrogens is 370 g/mol. The summed E-state index contributed by atoms with van der Waals surface area (Å²) in [5.41, 5.74) is 5.26. The highest BCUT2D eigenvalue weighted by atomic mass is 16.5. The van der Waals surface area contributed by atoms with E-state index in [0.29, 0.717) is 5.69 Å². The molecule has 1 aliphatic carbocycles. The molecule has 3 aromatic carbocycles. The van der Waals surface area contributed by atoms with Crippen molar-refractivity contribution in [2.75, 3.05) is 11.9 Å². The lowest BCUT2D eigenvalue weighted by Crippen LogP contribution is -2.18. The zero-order chi connectivity index (χ0) is 20.4. The maximum absolute atomic E-state index is 12.2. The number of anilines is 1. The van der Waals surface area contributed by atoms with Gasteiger partial charge in [-0.25, -0.2) is 9.59 Å². The highest BCUT2D eigenvalue weighted by molar-refractivity contribution is 5.85. The highest BCUT2D eigenvalue weighted by Gasteiger charge is 2.29. The number of carboxylic acid groups (broad SMARTS) is 1. The molecule has 0 saturated heterocycles. The van der Waals surface area contributed by atoms with Gasteiger partial charge in [-0.2, -0.15) is 0 Å². The Hall–Kier alpha value is -3.64. The van der Waals surface area contributed by atoms with Gasteiger partial charge in [-0.05, 0) is 39.9 Å². The molecule has 6 nitrogen and oxygen atoms in total. The second-order valence-corrected chi connectivity index (χ2v) is 6.81. The summed E-state index contributed by atoms with van der Waals surface area (Å²) in [6.45, 7) is 0.204. The van der Waals surface area contributed by atoms with Crippen LogP contribution in [-0.4, -0.2) is 28.9 Å². The predicted molar refractivity (Wildman–Crippen MR) is 108 cm³/mol. The molecule has 0 aromatic heterocycles. The number of benzene rings is 3. The summed E-state index contributed by atoms with van der Waals surface area (Å²) in [5.74, 6) is -1.36. The van der Waals surface area contributed by atoms with Crippen LogP contribution in [0, 0.1) is 0 Å². The fourth-order valence-electron chi connectivity index (χ4n) is 3.64. The molecule has 0 spiro atoms. The number of carbonyl (C=O) groups excluding carboxylic acids is 1. The van der Waals surface area contributed by atoms with Crippen molar-refractivity contribution in [1.29, 1.82) is 0 Å². The standard InChI is InChI=1S/C23H19NO5/c25-21(22(26)27)14-9-11-15(12-10-14)24-23(28)29-13-20-18-7-3-1-5-16(18)17-6-2-4-8-19(17)20/h1-12,20-21,25H,13H2,(H,24,28)(H,26,27). The van der Waals surface area contributed by atoms with Crippen LogP contribution >= 0.6 is 0 Å². The van der Waals surface area contributed by atoms with E-state index in [9.17, 15) is 14.7 Å². The van der Waals surface area contributed by atoms with Gasteiger partial charge in [0.2, 0.25) is 0 Å². The van der Waals surface area contributed by atoms with Gasteiger partial charge >= 0.3 is 12.1 Å². The second-order valence-electron chi connectivity index (χ2n) is 6.81. The summed E-state index contributed by atoms with van der Waals surface area (Å²) in [6.07, 6.45) is -2.20. The minimum Gasteiger partial charge on any atom is -0.479 e. The molecule has 0 bridgehead atoms. The van der Waals surface area contributed by atoms with Crippen LogP contribution < -0.4 is 5.32 Å². The van der Waals surface area contributed by atoms with Crippen LogP contribution in [0.2, 0.25) is 0 Å². The molecule has 0 radical (unpaired) electrons. The molecule has 3 N–H and O–H groups in total. The first-order valence-electron chi connectivity index (χ1n) is 9.17. The first-order chi connectivity index (χ1) is 14.0. The summed E-state index contributed by atoms with van der Waals surface area (Å²) in [5, 5.41) is 21.0. The Bertz CT molecular complexity index is 1020. The quantitative estimate of drug-likeness (QED) is 0.609. The molecule has 3 aromatic rings. The van der Waals surface area contributed by atoms with E-state index in [4.69, 9.17) is 9.84 Å². The average Bonchev–Trinajstić information content (AvgIpc) is 3.06. The van der Waals surface area contributed by atoms with Crippen LogP contribution in [0.1, 0.15) is 28.7 Å². The number of fused-ring (bicyclic) bond motifs is 3. The number of hydrogen-bond donors (Lipinski definition) is 3. The summed E-state index contributed by atoms with van der Waals surface area (Å²) in [6, 6.07) is 22.1. The molecule has 4 rings (SSSR count). The van der Waals surface area contributed by atoms with Gasteiger partial charge in [0, 0.05) is 11.6 Å². The Morgan fingerprint density at radius 1 is 0.897 bits per heavy atom. The molecule has 146 valence electrons. The van der Waals surface area contributed by atoms with Crippen LogP contribution in [0.5, 0.6) is 0 Å². The number of aliphatic carboxylic acids is 1. The molecule has 1 amide bonds. The van der Waals surface area contributed by atoms with E-state index in [1.165, 1.54) is 24.3 Å². The third-order valence-corrected chi connectivity index (χ3v) is 5.05. The van der Waals surface area contributed by atoms with E-state index in [1.807, 2.05) is 36.4 Å². The largest absolute Gasteiger partial charge is 0.479 e. The molecule has 0 fully saturated rings. The topological polar surface area (TPSA) is 95.9 Å². The van der Waals surface area contributed by atoms with Crippen molar-refractivity contribution >= 4 is 17.7 Å². The molecule has 0 heterocycles. The SMILES string of the molecule is O=C(Nc1ccc(C(O)C(=O)O)cc1)OCC1c2ccccc2-c2ccccc21. The minimum atomic E-state index is -1.60. The molecule has 1 atom stereocenters. The fraction of sp³-hybridized carbons (Fsp3) is 0.130. The van der Waals surface area contributed by atoms with Crippen molar-refractivity contribution in [2.24, 2.45) is 0 Å². The van der Waals surface area contributed by atoms with E-state index >= 15 is 0 Å². The molecule has 1 unspecified atom stereocenters. The number of carbonyl (C=O) groups is 2. The van der Waals surface area contributed by atoms with Crippen molar-refractivity contribution in [2.45, 2.75) is 12.0 Å². The van der Waals surface area contributed by atoms with Crippen molar-refractivity contribution in [3.63, 3.8) is 0 Å². The van der Waals surface area contributed by atoms with Crippen LogP contribution in [-0.2, 0) is 9.53 Å². The van der Waals surface area contributed by atoms with Gasteiger partial charge in [0.25, 0.3) is 0 Å². The van der Waals surface area contributed by atoms with Crippen molar-refractivity contribution in [1.82, 2.24) is 0 Å². The van der Waals surface area contributed by atoms with Crippen LogP contribution in [0.3, 0.4) is 0 Å². The first kappa shape index (κ1) is 18.7. The molecule has 0 saturated carbocycles. The Labute approximate surface area is 167 Å². The minimum absolute atomic E-state index is 0.0266. The lowest BCUT2D eigenvalue weighted by molar-refractivity contribution is -0.146. The molecule has 6 heteroatoms. The average molecular weight is 389 g/mol. The third kappa shape index (κ3) is 3.70. The second kappa shape index (κ2) is 7.77. The van der Waals surface area contributed by atoms with Crippen molar-refractivity contribution in [3.05, 3.63) is 89.5 Å². The van der Waals surface area contributed by atoms with Crippen LogP contribution in [0.15, 0.2) is 72.8 Å². The van der Waals surface area contributed by atoms with E-state index in [0.717, 1.165) is 22.3 Å². The van der Waals surface area contributed by atoms with Gasteiger partial charge in [0.1, 0.15) is 6.61 Å².